The number of unbranched alkanes of at least 4 members (excludes halogenated alkanes) is 1. The number of carboxylic acids is 1. The molecule has 3 atom stereocenters. The Morgan fingerprint density at radius 2 is 2.14 bits per heavy atom. The highest BCUT2D eigenvalue weighted by Crippen LogP contribution is 2.34. The van der Waals surface area contributed by atoms with Gasteiger partial charge in [0.25, 0.3) is 0 Å². The first-order chi connectivity index (χ1) is 9.77. The van der Waals surface area contributed by atoms with Crippen LogP contribution in [0.3, 0.4) is 0 Å². The molecule has 0 bridgehead atoms. The molecule has 1 rings (SSSR count). The molecule has 1 aliphatic rings. The summed E-state index contributed by atoms with van der Waals surface area (Å²) in [7, 11) is 0. The molecule has 120 valence electrons. The van der Waals surface area contributed by atoms with Crippen LogP contribution in [-0.4, -0.2) is 28.1 Å². The minimum absolute atomic E-state index is 0.0341. The number of ketones is 1. The third-order valence-corrected chi connectivity index (χ3v) is 4.56. The van der Waals surface area contributed by atoms with E-state index in [0.29, 0.717) is 12.8 Å². The normalized spacial score (nSPS) is 24.7. The van der Waals surface area contributed by atoms with Crippen LogP contribution in [-0.2, 0) is 9.59 Å². The summed E-state index contributed by atoms with van der Waals surface area (Å²) in [4.78, 5) is 22.6. The van der Waals surface area contributed by atoms with Crippen molar-refractivity contribution in [2.45, 2.75) is 65.4 Å². The van der Waals surface area contributed by atoms with Gasteiger partial charge in [-0.15, -0.1) is 0 Å². The third-order valence-electron chi connectivity index (χ3n) is 4.56. The molecule has 1 fully saturated rings. The van der Waals surface area contributed by atoms with Gasteiger partial charge in [-0.1, -0.05) is 45.8 Å². The lowest BCUT2D eigenvalue weighted by Crippen LogP contribution is -2.27. The van der Waals surface area contributed by atoms with Gasteiger partial charge < -0.3 is 10.2 Å². The molecule has 0 aliphatic heterocycles. The summed E-state index contributed by atoms with van der Waals surface area (Å²) in [6, 6.07) is 0. The molecule has 2 N–H and O–H groups in total. The topological polar surface area (TPSA) is 74.6 Å². The number of rotatable bonds is 8. The van der Waals surface area contributed by atoms with E-state index >= 15 is 0 Å². The number of aliphatic hydroxyl groups is 1. The Hall–Kier alpha value is -1.16. The van der Waals surface area contributed by atoms with Crippen molar-refractivity contribution in [2.24, 2.45) is 17.3 Å². The fraction of sp³-hybridized carbons (Fsp3) is 0.765. The highest BCUT2D eigenvalue weighted by Gasteiger charge is 2.35. The molecule has 0 radical (unpaired) electrons. The van der Waals surface area contributed by atoms with Crippen molar-refractivity contribution in [1.29, 1.82) is 0 Å². The second kappa shape index (κ2) is 7.74. The molecule has 3 unspecified atom stereocenters. The summed E-state index contributed by atoms with van der Waals surface area (Å²) in [6.45, 7) is 6.19. The Bertz CT molecular complexity index is 398. The van der Waals surface area contributed by atoms with E-state index in [0.717, 1.165) is 19.3 Å². The maximum atomic E-state index is 11.7. The Labute approximate surface area is 127 Å². The van der Waals surface area contributed by atoms with E-state index in [4.69, 9.17) is 5.11 Å². The molecule has 0 aromatic rings. The second-order valence-electron chi connectivity index (χ2n) is 6.80. The molecule has 21 heavy (non-hydrogen) atoms. The smallest absolute Gasteiger partial charge is 0.304 e. The van der Waals surface area contributed by atoms with Crippen molar-refractivity contribution in [3.8, 4) is 0 Å². The zero-order valence-corrected chi connectivity index (χ0v) is 13.3. The van der Waals surface area contributed by atoms with Crippen molar-refractivity contribution in [3.63, 3.8) is 0 Å². The first kappa shape index (κ1) is 17.9. The lowest BCUT2D eigenvalue weighted by atomic mass is 9.80. The van der Waals surface area contributed by atoms with E-state index in [-0.39, 0.29) is 23.5 Å². The quantitative estimate of drug-likeness (QED) is 0.675. The zero-order chi connectivity index (χ0) is 16.0. The SMILES string of the molecule is CCCCC(C)(C)C(O)/C=C/C1CCC(=O)C1CC(=O)O. The molecule has 1 aliphatic carbocycles. The highest BCUT2D eigenvalue weighted by molar-refractivity contribution is 5.87. The lowest BCUT2D eigenvalue weighted by molar-refractivity contribution is -0.140. The van der Waals surface area contributed by atoms with E-state index in [1.165, 1.54) is 0 Å². The van der Waals surface area contributed by atoms with Crippen LogP contribution in [0.15, 0.2) is 12.2 Å². The standard InChI is InChI=1S/C17H28O4/c1-4-5-10-17(2,3)15(19)9-7-12-6-8-14(18)13(12)11-16(20)21/h7,9,12-13,15,19H,4-6,8,10-11H2,1-3H3,(H,20,21)/b9-7+. The number of carbonyl (C=O) groups is 2. The van der Waals surface area contributed by atoms with Crippen molar-refractivity contribution < 1.29 is 19.8 Å². The summed E-state index contributed by atoms with van der Waals surface area (Å²) in [5.74, 6) is -1.38. The Kier molecular flexibility index (Phi) is 6.59. The van der Waals surface area contributed by atoms with Gasteiger partial charge in [-0.3, -0.25) is 9.59 Å². The van der Waals surface area contributed by atoms with Crippen LogP contribution in [0.5, 0.6) is 0 Å². The van der Waals surface area contributed by atoms with Crippen molar-refractivity contribution >= 4 is 11.8 Å². The number of aliphatic hydroxyl groups excluding tert-OH is 1. The monoisotopic (exact) mass is 296 g/mol. The summed E-state index contributed by atoms with van der Waals surface area (Å²) in [6.07, 6.45) is 7.19. The van der Waals surface area contributed by atoms with Crippen LogP contribution < -0.4 is 0 Å². The average Bonchev–Trinajstić information content (AvgIpc) is 2.74. The molecule has 1 saturated carbocycles. The van der Waals surface area contributed by atoms with E-state index in [1.807, 2.05) is 19.9 Å². The fourth-order valence-corrected chi connectivity index (χ4v) is 2.91. The summed E-state index contributed by atoms with van der Waals surface area (Å²) < 4.78 is 0. The number of carboxylic acid groups (broad SMARTS) is 1. The van der Waals surface area contributed by atoms with Crippen LogP contribution in [0.4, 0.5) is 0 Å². The van der Waals surface area contributed by atoms with Crippen molar-refractivity contribution in [1.82, 2.24) is 0 Å². The number of Topliss-reactive ketones (excluding diaryl/α,β-unsaturated/α-hetero) is 1. The molecule has 0 amide bonds. The molecular weight excluding hydrogens is 268 g/mol. The maximum Gasteiger partial charge on any atom is 0.304 e. The number of aliphatic carboxylic acids is 1. The number of allylic oxidation sites excluding steroid dienone is 1. The van der Waals surface area contributed by atoms with Crippen molar-refractivity contribution in [3.05, 3.63) is 12.2 Å². The minimum Gasteiger partial charge on any atom is -0.481 e. The first-order valence-electron chi connectivity index (χ1n) is 7.89. The van der Waals surface area contributed by atoms with Gasteiger partial charge in [0, 0.05) is 12.3 Å². The molecule has 0 spiro atoms. The van der Waals surface area contributed by atoms with Crippen LogP contribution in [0.25, 0.3) is 0 Å². The summed E-state index contributed by atoms with van der Waals surface area (Å²) >= 11 is 0. The lowest BCUT2D eigenvalue weighted by Gasteiger charge is -2.29. The number of hydrogen-bond donors (Lipinski definition) is 2. The number of carbonyl (C=O) groups excluding carboxylic acids is 1. The fourth-order valence-electron chi connectivity index (χ4n) is 2.91. The molecule has 0 aromatic heterocycles. The largest absolute Gasteiger partial charge is 0.481 e. The Balaban J connectivity index is 2.65. The van der Waals surface area contributed by atoms with Gasteiger partial charge in [0.1, 0.15) is 5.78 Å². The van der Waals surface area contributed by atoms with E-state index in [2.05, 4.69) is 6.92 Å². The van der Waals surface area contributed by atoms with Gasteiger partial charge in [0.15, 0.2) is 0 Å². The molecule has 0 saturated heterocycles. The summed E-state index contributed by atoms with van der Waals surface area (Å²) in [5, 5.41) is 19.2. The third kappa shape index (κ3) is 5.27. The van der Waals surface area contributed by atoms with E-state index in [1.54, 1.807) is 6.08 Å². The molecule has 4 heteroatoms. The second-order valence-corrected chi connectivity index (χ2v) is 6.80. The van der Waals surface area contributed by atoms with E-state index in [9.17, 15) is 14.7 Å². The Morgan fingerprint density at radius 3 is 2.71 bits per heavy atom. The van der Waals surface area contributed by atoms with E-state index < -0.39 is 18.0 Å². The first-order valence-corrected chi connectivity index (χ1v) is 7.89. The minimum atomic E-state index is -0.933. The molecule has 0 aromatic carbocycles. The van der Waals surface area contributed by atoms with Gasteiger partial charge in [-0.05, 0) is 24.2 Å². The predicted molar refractivity (Wildman–Crippen MR) is 81.9 cm³/mol. The van der Waals surface area contributed by atoms with Gasteiger partial charge in [0.2, 0.25) is 0 Å². The zero-order valence-electron chi connectivity index (χ0n) is 13.3. The molecule has 0 heterocycles. The Morgan fingerprint density at radius 1 is 1.48 bits per heavy atom. The molecule has 4 nitrogen and oxygen atoms in total. The van der Waals surface area contributed by atoms with Gasteiger partial charge in [-0.25, -0.2) is 0 Å². The van der Waals surface area contributed by atoms with Crippen LogP contribution in [0.1, 0.15) is 59.3 Å². The maximum absolute atomic E-state index is 11.7. The van der Waals surface area contributed by atoms with Crippen LogP contribution in [0, 0.1) is 17.3 Å². The van der Waals surface area contributed by atoms with Gasteiger partial charge >= 0.3 is 5.97 Å². The van der Waals surface area contributed by atoms with Crippen molar-refractivity contribution in [2.75, 3.05) is 0 Å². The number of hydrogen-bond acceptors (Lipinski definition) is 3. The van der Waals surface area contributed by atoms with Crippen LogP contribution in [0.2, 0.25) is 0 Å². The molecular formula is C17H28O4. The van der Waals surface area contributed by atoms with Gasteiger partial charge in [0.05, 0.1) is 12.5 Å². The average molecular weight is 296 g/mol. The summed E-state index contributed by atoms with van der Waals surface area (Å²) in [5.41, 5.74) is -0.197. The van der Waals surface area contributed by atoms with Gasteiger partial charge in [-0.2, -0.15) is 0 Å². The van der Waals surface area contributed by atoms with Crippen LogP contribution >= 0.6 is 0 Å². The highest BCUT2D eigenvalue weighted by atomic mass is 16.4. The predicted octanol–water partition coefficient (Wildman–Crippen LogP) is 3.19.